The van der Waals surface area contributed by atoms with Crippen molar-refractivity contribution < 1.29 is 14.3 Å². The molecule has 23 heavy (non-hydrogen) atoms. The number of alkyl carbamates (subject to hydrolysis) is 1. The smallest absolute Gasteiger partial charge is 0.407 e. The Morgan fingerprint density at radius 1 is 1.30 bits per heavy atom. The van der Waals surface area contributed by atoms with Gasteiger partial charge < -0.3 is 20.1 Å². The van der Waals surface area contributed by atoms with Gasteiger partial charge in [-0.25, -0.2) is 4.79 Å². The highest BCUT2D eigenvalue weighted by Crippen LogP contribution is 2.22. The van der Waals surface area contributed by atoms with Crippen LogP contribution in [0, 0.1) is 0 Å². The number of carbonyl (C=O) groups is 1. The summed E-state index contributed by atoms with van der Waals surface area (Å²) < 4.78 is 10.7. The molecule has 0 saturated heterocycles. The monoisotopic (exact) mass is 318 g/mol. The van der Waals surface area contributed by atoms with Crippen molar-refractivity contribution in [3.8, 4) is 5.75 Å². The van der Waals surface area contributed by atoms with Gasteiger partial charge in [-0.15, -0.1) is 0 Å². The molecule has 126 valence electrons. The zero-order valence-corrected chi connectivity index (χ0v) is 14.1. The fourth-order valence-corrected chi connectivity index (χ4v) is 2.15. The zero-order valence-electron chi connectivity index (χ0n) is 14.1. The standard InChI is InChI=1S/C18H26N2O3/c1-5-10-22-14-8-6-13(7-9-14)12-19-15-11-16(15)20-17(21)23-18(2,3)4/h5-9,15-16,19H,1,10-12H2,2-4H3,(H,20,21). The summed E-state index contributed by atoms with van der Waals surface area (Å²) in [7, 11) is 0. The first-order valence-electron chi connectivity index (χ1n) is 7.93. The molecule has 1 aromatic rings. The van der Waals surface area contributed by atoms with Gasteiger partial charge >= 0.3 is 6.09 Å². The van der Waals surface area contributed by atoms with E-state index in [1.807, 2.05) is 45.0 Å². The molecule has 1 saturated carbocycles. The lowest BCUT2D eigenvalue weighted by Gasteiger charge is -2.19. The molecule has 5 nitrogen and oxygen atoms in total. The third-order valence-electron chi connectivity index (χ3n) is 3.35. The molecule has 0 aliphatic heterocycles. The van der Waals surface area contributed by atoms with Crippen LogP contribution in [0.15, 0.2) is 36.9 Å². The number of hydrogen-bond donors (Lipinski definition) is 2. The summed E-state index contributed by atoms with van der Waals surface area (Å²) in [6.07, 6.45) is 2.30. The van der Waals surface area contributed by atoms with Gasteiger partial charge in [0.2, 0.25) is 0 Å². The maximum Gasteiger partial charge on any atom is 0.407 e. The van der Waals surface area contributed by atoms with E-state index in [9.17, 15) is 4.79 Å². The lowest BCUT2D eigenvalue weighted by atomic mass is 10.2. The summed E-state index contributed by atoms with van der Waals surface area (Å²) in [4.78, 5) is 11.7. The number of carbonyl (C=O) groups excluding carboxylic acids is 1. The molecule has 2 rings (SSSR count). The first-order chi connectivity index (χ1) is 10.9. The second-order valence-electron chi connectivity index (χ2n) is 6.72. The predicted molar refractivity (Wildman–Crippen MR) is 90.5 cm³/mol. The molecule has 2 unspecified atom stereocenters. The van der Waals surface area contributed by atoms with Crippen molar-refractivity contribution in [1.82, 2.24) is 10.6 Å². The van der Waals surface area contributed by atoms with E-state index in [4.69, 9.17) is 9.47 Å². The molecular formula is C18H26N2O3. The molecule has 0 heterocycles. The first kappa shape index (κ1) is 17.3. The summed E-state index contributed by atoms with van der Waals surface area (Å²) in [6.45, 7) is 10.5. The summed E-state index contributed by atoms with van der Waals surface area (Å²) in [5.74, 6) is 0.838. The van der Waals surface area contributed by atoms with Crippen LogP contribution in [0.25, 0.3) is 0 Å². The van der Waals surface area contributed by atoms with E-state index < -0.39 is 5.60 Å². The van der Waals surface area contributed by atoms with E-state index in [1.54, 1.807) is 6.08 Å². The van der Waals surface area contributed by atoms with Crippen LogP contribution in [-0.2, 0) is 11.3 Å². The maximum atomic E-state index is 11.7. The quantitative estimate of drug-likeness (QED) is 0.759. The van der Waals surface area contributed by atoms with Gasteiger partial charge in [-0.05, 0) is 44.9 Å². The second kappa shape index (κ2) is 7.51. The maximum absolute atomic E-state index is 11.7. The molecular weight excluding hydrogens is 292 g/mol. The van der Waals surface area contributed by atoms with Crippen molar-refractivity contribution in [3.05, 3.63) is 42.5 Å². The van der Waals surface area contributed by atoms with Crippen LogP contribution in [0.2, 0.25) is 0 Å². The van der Waals surface area contributed by atoms with E-state index >= 15 is 0 Å². The second-order valence-corrected chi connectivity index (χ2v) is 6.72. The fourth-order valence-electron chi connectivity index (χ4n) is 2.15. The Morgan fingerprint density at radius 2 is 2.00 bits per heavy atom. The number of rotatable bonds is 7. The molecule has 0 radical (unpaired) electrons. The van der Waals surface area contributed by atoms with Crippen LogP contribution in [0.5, 0.6) is 5.75 Å². The molecule has 1 aromatic carbocycles. The minimum absolute atomic E-state index is 0.153. The third-order valence-corrected chi connectivity index (χ3v) is 3.35. The summed E-state index contributed by atoms with van der Waals surface area (Å²) in [6, 6.07) is 8.42. The van der Waals surface area contributed by atoms with E-state index in [0.29, 0.717) is 12.6 Å². The fraction of sp³-hybridized carbons (Fsp3) is 0.500. The molecule has 2 N–H and O–H groups in total. The zero-order chi connectivity index (χ0) is 16.9. The Morgan fingerprint density at radius 3 is 2.61 bits per heavy atom. The minimum Gasteiger partial charge on any atom is -0.490 e. The van der Waals surface area contributed by atoms with Gasteiger partial charge in [0.15, 0.2) is 0 Å². The summed E-state index contributed by atoms with van der Waals surface area (Å²) in [5.41, 5.74) is 0.719. The van der Waals surface area contributed by atoms with Gasteiger partial charge in [0, 0.05) is 18.6 Å². The summed E-state index contributed by atoms with van der Waals surface area (Å²) >= 11 is 0. The van der Waals surface area contributed by atoms with Crippen LogP contribution < -0.4 is 15.4 Å². The van der Waals surface area contributed by atoms with Gasteiger partial charge in [0.25, 0.3) is 0 Å². The molecule has 5 heteroatoms. The summed E-state index contributed by atoms with van der Waals surface area (Å²) in [5, 5.41) is 6.30. The largest absolute Gasteiger partial charge is 0.490 e. The van der Waals surface area contributed by atoms with Crippen molar-refractivity contribution in [2.24, 2.45) is 0 Å². The predicted octanol–water partition coefficient (Wildman–Crippen LogP) is 3.01. The average molecular weight is 318 g/mol. The Kier molecular flexibility index (Phi) is 5.66. The molecule has 0 bridgehead atoms. The SMILES string of the molecule is C=CCOc1ccc(CNC2CC2NC(=O)OC(C)(C)C)cc1. The van der Waals surface area contributed by atoms with Crippen LogP contribution in [0.1, 0.15) is 32.8 Å². The normalized spacial score (nSPS) is 19.8. The Balaban J connectivity index is 1.68. The highest BCUT2D eigenvalue weighted by molar-refractivity contribution is 5.68. The minimum atomic E-state index is -0.461. The van der Waals surface area contributed by atoms with Crippen molar-refractivity contribution in [3.63, 3.8) is 0 Å². The van der Waals surface area contributed by atoms with Crippen LogP contribution in [0.3, 0.4) is 0 Å². The average Bonchev–Trinajstić information content (AvgIpc) is 3.20. The van der Waals surface area contributed by atoms with Crippen molar-refractivity contribution in [2.75, 3.05) is 6.61 Å². The molecule has 0 spiro atoms. The van der Waals surface area contributed by atoms with E-state index in [1.165, 1.54) is 5.56 Å². The van der Waals surface area contributed by atoms with Gasteiger partial charge in [-0.3, -0.25) is 0 Å². The van der Waals surface area contributed by atoms with Crippen molar-refractivity contribution in [1.29, 1.82) is 0 Å². The van der Waals surface area contributed by atoms with Crippen molar-refractivity contribution >= 4 is 6.09 Å². The molecule has 1 fully saturated rings. The van der Waals surface area contributed by atoms with Gasteiger partial charge in [0.05, 0.1) is 0 Å². The number of hydrogen-bond acceptors (Lipinski definition) is 4. The topological polar surface area (TPSA) is 59.6 Å². The third kappa shape index (κ3) is 6.32. The van der Waals surface area contributed by atoms with Gasteiger partial charge in [0.1, 0.15) is 18.0 Å². The number of amides is 1. The molecule has 1 amide bonds. The molecule has 2 atom stereocenters. The van der Waals surface area contributed by atoms with E-state index in [2.05, 4.69) is 17.2 Å². The Hall–Kier alpha value is -2.01. The molecule has 1 aliphatic rings. The highest BCUT2D eigenvalue weighted by atomic mass is 16.6. The number of ether oxygens (including phenoxy) is 2. The van der Waals surface area contributed by atoms with E-state index in [0.717, 1.165) is 18.7 Å². The highest BCUT2D eigenvalue weighted by Gasteiger charge is 2.38. The van der Waals surface area contributed by atoms with Crippen molar-refractivity contribution in [2.45, 2.75) is 51.4 Å². The van der Waals surface area contributed by atoms with Gasteiger partial charge in [-0.2, -0.15) is 0 Å². The van der Waals surface area contributed by atoms with Gasteiger partial charge in [-0.1, -0.05) is 24.8 Å². The molecule has 0 aromatic heterocycles. The van der Waals surface area contributed by atoms with Crippen LogP contribution in [0.4, 0.5) is 4.79 Å². The Bertz CT molecular complexity index is 534. The number of benzene rings is 1. The molecule has 1 aliphatic carbocycles. The lowest BCUT2D eigenvalue weighted by molar-refractivity contribution is 0.0522. The lowest BCUT2D eigenvalue weighted by Crippen LogP contribution is -2.36. The van der Waals surface area contributed by atoms with Crippen LogP contribution in [-0.4, -0.2) is 30.4 Å². The number of nitrogens with one attached hydrogen (secondary N) is 2. The van der Waals surface area contributed by atoms with Crippen LogP contribution >= 0.6 is 0 Å². The Labute approximate surface area is 138 Å². The first-order valence-corrected chi connectivity index (χ1v) is 7.93. The van der Waals surface area contributed by atoms with E-state index in [-0.39, 0.29) is 12.1 Å².